The summed E-state index contributed by atoms with van der Waals surface area (Å²) in [5.41, 5.74) is 2.88. The number of carbonyl (C=O) groups excluding carboxylic acids is 2. The zero-order valence-corrected chi connectivity index (χ0v) is 56.7. The van der Waals surface area contributed by atoms with Crippen LogP contribution in [0.3, 0.4) is 0 Å². The Balaban J connectivity index is 1.73. The van der Waals surface area contributed by atoms with Gasteiger partial charge in [-0.2, -0.15) is 0 Å². The third-order valence-corrected chi connectivity index (χ3v) is 31.3. The fourth-order valence-electron chi connectivity index (χ4n) is 9.96. The number of esters is 1. The van der Waals surface area contributed by atoms with Crippen LogP contribution in [0.5, 0.6) is 17.2 Å². The lowest BCUT2D eigenvalue weighted by atomic mass is 9.90. The monoisotopic (exact) mass is 1180 g/mol. The van der Waals surface area contributed by atoms with Crippen LogP contribution < -0.4 is 14.2 Å². The van der Waals surface area contributed by atoms with Crippen molar-refractivity contribution in [3.8, 4) is 17.2 Å². The highest BCUT2D eigenvalue weighted by atomic mass is 28.4. The molecule has 3 aromatic rings. The molecule has 456 valence electrons. The zero-order valence-electron chi connectivity index (χ0n) is 53.7. The van der Waals surface area contributed by atoms with Crippen LogP contribution in [0.2, 0.25) is 46.3 Å². The molecule has 0 radical (unpaired) electrons. The van der Waals surface area contributed by atoms with Crippen molar-refractivity contribution in [1.82, 2.24) is 0 Å². The van der Waals surface area contributed by atoms with Gasteiger partial charge < -0.3 is 50.9 Å². The molecule has 13 nitrogen and oxygen atoms in total. The van der Waals surface area contributed by atoms with E-state index in [0.717, 1.165) is 46.8 Å². The van der Waals surface area contributed by atoms with Crippen LogP contribution >= 0.6 is 0 Å². The Bertz CT molecular complexity index is 2370. The fraction of sp³-hybridized carbons (Fsp3) is 0.662. The smallest absolute Gasteiger partial charge is 0.349 e. The Morgan fingerprint density at radius 1 is 0.617 bits per heavy atom. The van der Waals surface area contributed by atoms with Crippen molar-refractivity contribution in [2.24, 2.45) is 5.92 Å². The molecule has 81 heavy (non-hydrogen) atoms. The lowest BCUT2D eigenvalue weighted by Crippen LogP contribution is -2.63. The van der Waals surface area contributed by atoms with Crippen molar-refractivity contribution >= 4 is 36.9 Å². The van der Waals surface area contributed by atoms with Gasteiger partial charge in [-0.05, 0) is 134 Å². The van der Waals surface area contributed by atoms with Gasteiger partial charge in [0.15, 0.2) is 22.4 Å². The molecular weight excluding hydrogens is 1070 g/mol. The largest absolute Gasteiger partial charge is 0.497 e. The Kier molecular flexibility index (Phi) is 26.2. The Morgan fingerprint density at radius 3 is 1.52 bits per heavy atom. The molecule has 7 atom stereocenters. The summed E-state index contributed by atoms with van der Waals surface area (Å²) in [5, 5.41) is -0.707. The molecule has 0 aromatic heterocycles. The third kappa shape index (κ3) is 20.8. The van der Waals surface area contributed by atoms with Gasteiger partial charge in [-0.25, -0.2) is 4.79 Å². The van der Waals surface area contributed by atoms with Crippen LogP contribution in [0, 0.1) is 5.92 Å². The standard InChI is InChI=1S/C65H106O13Si3/c1-47(25-32-55-42-56(77-81(76-55,64(8,9)10)65(11,12)13)41-54(23-22-24-60(67)71-17)72-44-48-26-33-51(68-14)34-27-48)59(78-80(20,21)63(5,6)7)43-57(66)61(74-46-50-30-37-53(70-16)38-31-50)58(39-40-75-79(18,19)62(2,3)4)73-45-49-28-35-52(69-15)36-29-49/h22,24,26-31,33-38,47,54-56,58-59,61H,23,25,32,39-46H2,1-21H3/b24-22+/t47-,54+,55+,56+,58+,59-,61+/m1/s1. The fourth-order valence-corrected chi connectivity index (χ4v) is 17.5. The molecule has 0 N–H and O–H groups in total. The van der Waals surface area contributed by atoms with Crippen LogP contribution in [0.1, 0.15) is 152 Å². The first kappa shape index (κ1) is 69.8. The number of ether oxygens (including phenoxy) is 7. The first-order valence-electron chi connectivity index (χ1n) is 29.4. The molecule has 1 heterocycles. The summed E-state index contributed by atoms with van der Waals surface area (Å²) < 4.78 is 70.9. The molecule has 3 aromatic carbocycles. The number of ketones is 1. The van der Waals surface area contributed by atoms with Crippen molar-refractivity contribution in [1.29, 1.82) is 0 Å². The predicted octanol–water partition coefficient (Wildman–Crippen LogP) is 15.7. The van der Waals surface area contributed by atoms with E-state index in [-0.39, 0.29) is 69.8 Å². The van der Waals surface area contributed by atoms with Crippen LogP contribution in [0.4, 0.5) is 0 Å². The number of hydrogen-bond donors (Lipinski definition) is 0. The molecule has 0 saturated carbocycles. The SMILES string of the molecule is COC(=O)/C=C/C[C@@H](C[C@H]1C[C@H](CC[C@@H](C)[C@@H](CC(=O)[C@H](OCc2ccc(OC)cc2)[C@H](CCO[Si](C)(C)C(C)(C)C)OCc2ccc(OC)cc2)O[Si](C)(C)C(C)(C)C)O[Si](C(C)(C)C)(C(C)(C)C)O1)OCc1ccc(OC)cc1. The Labute approximate surface area is 492 Å². The van der Waals surface area contributed by atoms with Gasteiger partial charge in [-0.1, -0.05) is 132 Å². The topological polar surface area (TPSA) is 136 Å². The Morgan fingerprint density at radius 2 is 1.07 bits per heavy atom. The maximum atomic E-state index is 15.6. The van der Waals surface area contributed by atoms with Gasteiger partial charge in [-0.15, -0.1) is 0 Å². The average molecular weight is 1180 g/mol. The van der Waals surface area contributed by atoms with Crippen molar-refractivity contribution in [3.63, 3.8) is 0 Å². The van der Waals surface area contributed by atoms with Gasteiger partial charge in [0.25, 0.3) is 0 Å². The maximum Gasteiger partial charge on any atom is 0.349 e. The minimum absolute atomic E-state index is 0.00365. The van der Waals surface area contributed by atoms with Gasteiger partial charge in [0, 0.05) is 35.3 Å². The van der Waals surface area contributed by atoms with Gasteiger partial charge in [0.2, 0.25) is 0 Å². The molecule has 4 rings (SSSR count). The molecular formula is C65H106O13Si3. The predicted molar refractivity (Wildman–Crippen MR) is 333 cm³/mol. The van der Waals surface area contributed by atoms with E-state index in [1.54, 1.807) is 21.3 Å². The second-order valence-corrected chi connectivity index (χ2v) is 41.6. The van der Waals surface area contributed by atoms with E-state index in [0.29, 0.717) is 38.9 Å². The van der Waals surface area contributed by atoms with E-state index in [1.165, 1.54) is 13.2 Å². The summed E-state index contributed by atoms with van der Waals surface area (Å²) in [7, 11) is -1.33. The maximum absolute atomic E-state index is 15.6. The summed E-state index contributed by atoms with van der Waals surface area (Å²) >= 11 is 0. The number of methoxy groups -OCH3 is 4. The highest BCUT2D eigenvalue weighted by Crippen LogP contribution is 2.56. The Hall–Kier alpha value is -3.69. The van der Waals surface area contributed by atoms with E-state index in [1.807, 2.05) is 78.9 Å². The molecule has 0 spiro atoms. The number of rotatable bonds is 31. The van der Waals surface area contributed by atoms with E-state index in [9.17, 15) is 4.79 Å². The zero-order chi connectivity index (χ0) is 60.6. The van der Waals surface area contributed by atoms with Gasteiger partial charge in [0.1, 0.15) is 23.4 Å². The summed E-state index contributed by atoms with van der Waals surface area (Å²) in [6.45, 7) is 39.4. The number of carbonyl (C=O) groups is 2. The number of Topliss-reactive ketones (excluding diaryl/α,β-unsaturated/α-hetero) is 1. The summed E-state index contributed by atoms with van der Waals surface area (Å²) in [4.78, 5) is 27.8. The summed E-state index contributed by atoms with van der Waals surface area (Å²) in [6, 6.07) is 23.5. The molecule has 1 saturated heterocycles. The number of hydrogen-bond acceptors (Lipinski definition) is 13. The summed E-state index contributed by atoms with van der Waals surface area (Å²) in [5.74, 6) is 1.75. The molecule has 0 bridgehead atoms. The van der Waals surface area contributed by atoms with Gasteiger partial charge >= 0.3 is 14.5 Å². The normalized spacial score (nSPS) is 18.4. The molecule has 1 fully saturated rings. The van der Waals surface area contributed by atoms with E-state index in [4.69, 9.17) is 50.9 Å². The first-order chi connectivity index (χ1) is 37.7. The molecule has 16 heteroatoms. The molecule has 0 aliphatic carbocycles. The van der Waals surface area contributed by atoms with Crippen LogP contribution in [-0.4, -0.2) is 109 Å². The molecule has 0 amide bonds. The number of benzene rings is 3. The van der Waals surface area contributed by atoms with Crippen molar-refractivity contribution < 1.29 is 60.5 Å². The van der Waals surface area contributed by atoms with Gasteiger partial charge in [-0.3, -0.25) is 4.79 Å². The second kappa shape index (κ2) is 30.4. The molecule has 0 unspecified atom stereocenters. The average Bonchev–Trinajstić information content (AvgIpc) is 3.57. The van der Waals surface area contributed by atoms with E-state index >= 15 is 4.79 Å². The quantitative estimate of drug-likeness (QED) is 0.0344. The van der Waals surface area contributed by atoms with E-state index in [2.05, 4.69) is 116 Å². The highest BCUT2D eigenvalue weighted by Gasteiger charge is 2.62. The van der Waals surface area contributed by atoms with Crippen molar-refractivity contribution in [2.45, 2.75) is 238 Å². The lowest BCUT2D eigenvalue weighted by Gasteiger charge is -2.55. The van der Waals surface area contributed by atoms with Crippen molar-refractivity contribution in [2.75, 3.05) is 35.0 Å². The lowest BCUT2D eigenvalue weighted by molar-refractivity contribution is -0.149. The van der Waals surface area contributed by atoms with Crippen LogP contribution in [-0.2, 0) is 66.1 Å². The van der Waals surface area contributed by atoms with Crippen molar-refractivity contribution in [3.05, 3.63) is 102 Å². The molecule has 1 aliphatic rings. The second-order valence-electron chi connectivity index (χ2n) is 27.3. The minimum atomic E-state index is -3.05. The summed E-state index contributed by atoms with van der Waals surface area (Å²) in [6.07, 6.45) is 4.56. The minimum Gasteiger partial charge on any atom is -0.497 e. The van der Waals surface area contributed by atoms with Crippen LogP contribution in [0.15, 0.2) is 84.9 Å². The van der Waals surface area contributed by atoms with Crippen LogP contribution in [0.25, 0.3) is 0 Å². The third-order valence-electron chi connectivity index (χ3n) is 17.0. The molecule has 1 aliphatic heterocycles. The van der Waals surface area contributed by atoms with E-state index < -0.39 is 49.5 Å². The first-order valence-corrected chi connectivity index (χ1v) is 37.0. The highest BCUT2D eigenvalue weighted by molar-refractivity contribution is 6.74. The van der Waals surface area contributed by atoms with Gasteiger partial charge in [0.05, 0.1) is 72.7 Å².